The molecule has 0 unspecified atom stereocenters. The second-order valence-corrected chi connectivity index (χ2v) is 10.2. The smallest absolute Gasteiger partial charge is 0.258 e. The third kappa shape index (κ3) is 2.94. The molecule has 164 valence electrons. The van der Waals surface area contributed by atoms with Crippen molar-refractivity contribution in [2.75, 3.05) is 6.54 Å². The molecular formula is C25H30N2O4. The zero-order chi connectivity index (χ0) is 21.2. The molecule has 2 amide bonds. The second-order valence-electron chi connectivity index (χ2n) is 10.2. The van der Waals surface area contributed by atoms with Gasteiger partial charge in [-0.05, 0) is 50.2 Å². The van der Waals surface area contributed by atoms with E-state index in [0.717, 1.165) is 44.9 Å². The number of para-hydroxylation sites is 1. The summed E-state index contributed by atoms with van der Waals surface area (Å²) in [7, 11) is 0. The highest BCUT2D eigenvalue weighted by atomic mass is 16.5. The first-order valence-electron chi connectivity index (χ1n) is 12.0. The third-order valence-corrected chi connectivity index (χ3v) is 8.71. The topological polar surface area (TPSA) is 75.7 Å². The van der Waals surface area contributed by atoms with E-state index in [0.29, 0.717) is 36.5 Å². The van der Waals surface area contributed by atoms with Gasteiger partial charge in [0, 0.05) is 43.2 Å². The molecule has 0 aromatic heterocycles. The van der Waals surface area contributed by atoms with Gasteiger partial charge < -0.3 is 15.0 Å². The highest BCUT2D eigenvalue weighted by molar-refractivity contribution is 5.98. The lowest BCUT2D eigenvalue weighted by Gasteiger charge is -2.56. The Morgan fingerprint density at radius 3 is 2.77 bits per heavy atom. The number of piperidine rings is 1. The van der Waals surface area contributed by atoms with Crippen molar-refractivity contribution in [1.82, 2.24) is 10.2 Å². The van der Waals surface area contributed by atoms with Crippen molar-refractivity contribution in [3.8, 4) is 5.75 Å². The molecule has 2 heterocycles. The number of carbonyl (C=O) groups excluding carboxylic acids is 3. The van der Waals surface area contributed by atoms with E-state index in [2.05, 4.69) is 10.2 Å². The fraction of sp³-hybridized carbons (Fsp3) is 0.640. The Balaban J connectivity index is 1.23. The van der Waals surface area contributed by atoms with E-state index in [1.807, 2.05) is 18.2 Å². The molecule has 2 bridgehead atoms. The van der Waals surface area contributed by atoms with Crippen LogP contribution in [0.2, 0.25) is 0 Å². The molecule has 6 atom stereocenters. The molecule has 4 aliphatic carbocycles. The number of ketones is 1. The zero-order valence-corrected chi connectivity index (χ0v) is 17.8. The molecule has 2 aliphatic heterocycles. The van der Waals surface area contributed by atoms with Gasteiger partial charge in [0.05, 0.1) is 5.56 Å². The van der Waals surface area contributed by atoms with Gasteiger partial charge in [0.2, 0.25) is 5.91 Å². The summed E-state index contributed by atoms with van der Waals surface area (Å²) in [5.74, 6) is 1.57. The summed E-state index contributed by atoms with van der Waals surface area (Å²) in [5, 5.41) is 3.18. The van der Waals surface area contributed by atoms with Gasteiger partial charge in [-0.25, -0.2) is 0 Å². The maximum absolute atomic E-state index is 13.7. The maximum Gasteiger partial charge on any atom is 0.258 e. The van der Waals surface area contributed by atoms with Crippen molar-refractivity contribution >= 4 is 17.6 Å². The summed E-state index contributed by atoms with van der Waals surface area (Å²) in [6.45, 7) is 0.582. The average Bonchev–Trinajstić information content (AvgIpc) is 2.79. The average molecular weight is 423 g/mol. The molecule has 5 fully saturated rings. The van der Waals surface area contributed by atoms with E-state index in [1.54, 1.807) is 6.07 Å². The zero-order valence-electron chi connectivity index (χ0n) is 17.8. The summed E-state index contributed by atoms with van der Waals surface area (Å²) >= 11 is 0. The predicted octanol–water partition coefficient (Wildman–Crippen LogP) is 3.30. The van der Waals surface area contributed by atoms with Crippen molar-refractivity contribution in [1.29, 1.82) is 0 Å². The molecule has 1 aromatic rings. The van der Waals surface area contributed by atoms with E-state index >= 15 is 0 Å². The number of carbonyl (C=O) groups is 3. The molecule has 1 aromatic carbocycles. The number of ether oxygens (including phenoxy) is 1. The Kier molecular flexibility index (Phi) is 4.41. The first kappa shape index (κ1) is 19.3. The Morgan fingerprint density at radius 2 is 1.94 bits per heavy atom. The van der Waals surface area contributed by atoms with Crippen molar-refractivity contribution in [3.05, 3.63) is 29.8 Å². The van der Waals surface area contributed by atoms with Gasteiger partial charge >= 0.3 is 0 Å². The molecule has 7 rings (SSSR count). The molecule has 1 spiro atoms. The number of nitrogens with one attached hydrogen (secondary N) is 1. The quantitative estimate of drug-likeness (QED) is 0.754. The Labute approximate surface area is 182 Å². The summed E-state index contributed by atoms with van der Waals surface area (Å²) in [6, 6.07) is 7.52. The number of likely N-dealkylation sites (tertiary alicyclic amines) is 1. The molecular weight excluding hydrogens is 392 g/mol. The molecule has 6 heteroatoms. The molecule has 1 N–H and O–H groups in total. The van der Waals surface area contributed by atoms with Crippen LogP contribution < -0.4 is 10.1 Å². The van der Waals surface area contributed by atoms with Gasteiger partial charge in [0.1, 0.15) is 11.5 Å². The van der Waals surface area contributed by atoms with Crippen LogP contribution in [0.4, 0.5) is 0 Å². The second kappa shape index (κ2) is 7.07. The molecule has 0 radical (unpaired) electrons. The van der Waals surface area contributed by atoms with E-state index in [4.69, 9.17) is 4.74 Å². The van der Waals surface area contributed by atoms with Gasteiger partial charge in [-0.2, -0.15) is 0 Å². The number of amides is 2. The first-order valence-corrected chi connectivity index (χ1v) is 12.0. The van der Waals surface area contributed by atoms with Crippen LogP contribution in [0.3, 0.4) is 0 Å². The summed E-state index contributed by atoms with van der Waals surface area (Å²) < 4.78 is 6.44. The van der Waals surface area contributed by atoms with Gasteiger partial charge in [-0.1, -0.05) is 25.0 Å². The standard InChI is InChI=1S/C25H30N2O4/c28-21-11-12-27(20-7-3-1-5-17(20)21)24(30)19-13-16-10-9-15(19)14-25(16)26-23(29)18-6-2-4-8-22(18)31-25/h2,4,6,8,15-17,19-20H,1,3,5,7,9-14H2,(H,26,29)/t15-,16+,17-,19-,20-,25-/m0/s1. The Bertz CT molecular complexity index is 945. The summed E-state index contributed by atoms with van der Waals surface area (Å²) in [6.07, 6.45) is 8.04. The van der Waals surface area contributed by atoms with Crippen molar-refractivity contribution in [2.45, 2.75) is 69.6 Å². The highest BCUT2D eigenvalue weighted by Crippen LogP contribution is 2.53. The van der Waals surface area contributed by atoms with Crippen LogP contribution in [0, 0.1) is 23.7 Å². The van der Waals surface area contributed by atoms with Gasteiger partial charge in [-0.15, -0.1) is 0 Å². The SMILES string of the molecule is O=C1N[C@@]2(C[C@@H]3CC[C@@H]2C[C@@H]3C(=O)N2CCC(=O)[C@H]3CCCC[C@@H]32)Oc2ccccc21. The molecule has 4 saturated carbocycles. The number of hydrogen-bond donors (Lipinski definition) is 1. The number of fused-ring (bicyclic) bond motifs is 4. The maximum atomic E-state index is 13.7. The van der Waals surface area contributed by atoms with Crippen LogP contribution in [0.25, 0.3) is 0 Å². The summed E-state index contributed by atoms with van der Waals surface area (Å²) in [5.41, 5.74) is -0.0976. The Morgan fingerprint density at radius 1 is 1.10 bits per heavy atom. The minimum Gasteiger partial charge on any atom is -0.467 e. The van der Waals surface area contributed by atoms with Crippen molar-refractivity contribution < 1.29 is 19.1 Å². The van der Waals surface area contributed by atoms with E-state index in [-0.39, 0.29) is 41.5 Å². The van der Waals surface area contributed by atoms with E-state index < -0.39 is 5.72 Å². The lowest BCUT2D eigenvalue weighted by atomic mass is 9.59. The van der Waals surface area contributed by atoms with E-state index in [1.165, 1.54) is 0 Å². The van der Waals surface area contributed by atoms with Gasteiger partial charge in [0.25, 0.3) is 5.91 Å². The predicted molar refractivity (Wildman–Crippen MR) is 113 cm³/mol. The normalized spacial score (nSPS) is 38.8. The number of hydrogen-bond acceptors (Lipinski definition) is 4. The number of rotatable bonds is 1. The first-order chi connectivity index (χ1) is 15.1. The fourth-order valence-corrected chi connectivity index (χ4v) is 7.19. The Hall–Kier alpha value is -2.37. The largest absolute Gasteiger partial charge is 0.467 e. The molecule has 6 nitrogen and oxygen atoms in total. The number of nitrogens with zero attached hydrogens (tertiary/aromatic N) is 1. The third-order valence-electron chi connectivity index (χ3n) is 8.71. The van der Waals surface area contributed by atoms with Crippen LogP contribution in [-0.2, 0) is 9.59 Å². The molecule has 31 heavy (non-hydrogen) atoms. The van der Waals surface area contributed by atoms with Crippen molar-refractivity contribution in [3.63, 3.8) is 0 Å². The van der Waals surface area contributed by atoms with Gasteiger partial charge in [-0.3, -0.25) is 14.4 Å². The lowest BCUT2D eigenvalue weighted by molar-refractivity contribution is -0.162. The van der Waals surface area contributed by atoms with Gasteiger partial charge in [0.15, 0.2) is 5.72 Å². The number of Topliss-reactive ketones (excluding diaryl/α,β-unsaturated/α-hetero) is 1. The van der Waals surface area contributed by atoms with Crippen LogP contribution in [0.15, 0.2) is 24.3 Å². The minimum absolute atomic E-state index is 0.0159. The highest BCUT2D eigenvalue weighted by Gasteiger charge is 2.58. The fourth-order valence-electron chi connectivity index (χ4n) is 7.19. The van der Waals surface area contributed by atoms with E-state index in [9.17, 15) is 14.4 Å². The molecule has 1 saturated heterocycles. The van der Waals surface area contributed by atoms with Crippen LogP contribution in [-0.4, -0.2) is 40.8 Å². The van der Waals surface area contributed by atoms with Crippen LogP contribution in [0.1, 0.15) is 68.1 Å². The molecule has 6 aliphatic rings. The summed E-state index contributed by atoms with van der Waals surface area (Å²) in [4.78, 5) is 41.0. The lowest BCUT2D eigenvalue weighted by Crippen LogP contribution is -2.67. The van der Waals surface area contributed by atoms with Crippen molar-refractivity contribution in [2.24, 2.45) is 23.7 Å². The number of benzene rings is 1. The monoisotopic (exact) mass is 422 g/mol. The minimum atomic E-state index is -0.684. The van der Waals surface area contributed by atoms with Crippen LogP contribution in [0.5, 0.6) is 5.75 Å². The van der Waals surface area contributed by atoms with Crippen LogP contribution >= 0.6 is 0 Å².